The van der Waals surface area contributed by atoms with Crippen LogP contribution in [0.25, 0.3) is 0 Å². The van der Waals surface area contributed by atoms with Gasteiger partial charge in [0, 0.05) is 13.1 Å². The number of nitrogens with zero attached hydrogens (tertiary/aromatic N) is 1. The Morgan fingerprint density at radius 3 is 2.95 bits per heavy atom. The fraction of sp³-hybridized carbons (Fsp3) is 0.500. The highest BCUT2D eigenvalue weighted by Crippen LogP contribution is 2.22. The topological polar surface area (TPSA) is 75.8 Å². The molecule has 1 fully saturated rings. The number of aliphatic hydroxyl groups is 1. The largest absolute Gasteiger partial charge is 0.482 e. The highest BCUT2D eigenvalue weighted by Gasteiger charge is 2.30. The molecular formula is C14H20N2O3. The van der Waals surface area contributed by atoms with Crippen LogP contribution in [0.5, 0.6) is 5.75 Å². The molecule has 1 atom stereocenters. The second-order valence-electron chi connectivity index (χ2n) is 5.24. The summed E-state index contributed by atoms with van der Waals surface area (Å²) in [5.41, 5.74) is 5.46. The Morgan fingerprint density at radius 2 is 2.26 bits per heavy atom. The van der Waals surface area contributed by atoms with Gasteiger partial charge >= 0.3 is 0 Å². The summed E-state index contributed by atoms with van der Waals surface area (Å²) in [5.74, 6) is 0.392. The molecule has 0 spiro atoms. The van der Waals surface area contributed by atoms with E-state index in [1.807, 2.05) is 12.1 Å². The second kappa shape index (κ2) is 5.48. The molecule has 5 heteroatoms. The summed E-state index contributed by atoms with van der Waals surface area (Å²) < 4.78 is 5.42. The number of benzene rings is 1. The van der Waals surface area contributed by atoms with Crippen molar-refractivity contribution in [3.63, 3.8) is 0 Å². The Morgan fingerprint density at radius 1 is 1.53 bits per heavy atom. The third-order valence-electron chi connectivity index (χ3n) is 3.30. The zero-order chi connectivity index (χ0) is 13.9. The SMILES string of the molecule is CC1(O)CCCN(C(=O)COc2ccccc2N)C1. The van der Waals surface area contributed by atoms with Gasteiger partial charge in [-0.1, -0.05) is 12.1 Å². The monoisotopic (exact) mass is 264 g/mol. The molecule has 3 N–H and O–H groups in total. The Hall–Kier alpha value is -1.75. The molecule has 0 radical (unpaired) electrons. The lowest BCUT2D eigenvalue weighted by molar-refractivity contribution is -0.139. The smallest absolute Gasteiger partial charge is 0.260 e. The number of amides is 1. The summed E-state index contributed by atoms with van der Waals surface area (Å²) in [5, 5.41) is 9.97. The van der Waals surface area contributed by atoms with Crippen molar-refractivity contribution < 1.29 is 14.6 Å². The number of nitrogens with two attached hydrogens (primary N) is 1. The first-order valence-electron chi connectivity index (χ1n) is 6.45. The van der Waals surface area contributed by atoms with E-state index in [-0.39, 0.29) is 12.5 Å². The van der Waals surface area contributed by atoms with Gasteiger partial charge in [0.05, 0.1) is 11.3 Å². The minimum Gasteiger partial charge on any atom is -0.482 e. The lowest BCUT2D eigenvalue weighted by Crippen LogP contribution is -2.49. The molecule has 104 valence electrons. The van der Waals surface area contributed by atoms with Gasteiger partial charge in [0.2, 0.25) is 0 Å². The molecule has 0 bridgehead atoms. The Labute approximate surface area is 113 Å². The van der Waals surface area contributed by atoms with E-state index < -0.39 is 5.60 Å². The Bertz CT molecular complexity index is 460. The molecule has 1 aromatic carbocycles. The quantitative estimate of drug-likeness (QED) is 0.799. The number of carbonyl (C=O) groups is 1. The van der Waals surface area contributed by atoms with Gasteiger partial charge in [-0.2, -0.15) is 0 Å². The number of piperidine rings is 1. The van der Waals surface area contributed by atoms with E-state index in [4.69, 9.17) is 10.5 Å². The number of anilines is 1. The van der Waals surface area contributed by atoms with Gasteiger partial charge < -0.3 is 20.5 Å². The Balaban J connectivity index is 1.90. The van der Waals surface area contributed by atoms with Crippen molar-refractivity contribution in [3.05, 3.63) is 24.3 Å². The summed E-state index contributed by atoms with van der Waals surface area (Å²) in [6.45, 7) is 2.73. The number of nitrogen functional groups attached to an aromatic ring is 1. The minimum absolute atomic E-state index is 0.0513. The van der Waals surface area contributed by atoms with E-state index >= 15 is 0 Å². The van der Waals surface area contributed by atoms with Crippen LogP contribution in [0, 0.1) is 0 Å². The molecular weight excluding hydrogens is 244 g/mol. The summed E-state index contributed by atoms with van der Waals surface area (Å²) >= 11 is 0. The molecule has 1 aliphatic heterocycles. The zero-order valence-corrected chi connectivity index (χ0v) is 11.1. The van der Waals surface area contributed by atoms with Crippen molar-refractivity contribution in [2.75, 3.05) is 25.4 Å². The standard InChI is InChI=1S/C14H20N2O3/c1-14(18)7-4-8-16(10-14)13(17)9-19-12-6-3-2-5-11(12)15/h2-3,5-6,18H,4,7-10,15H2,1H3. The van der Waals surface area contributed by atoms with E-state index in [9.17, 15) is 9.90 Å². The fourth-order valence-corrected chi connectivity index (χ4v) is 2.28. The highest BCUT2D eigenvalue weighted by atomic mass is 16.5. The first-order valence-corrected chi connectivity index (χ1v) is 6.45. The number of hydrogen-bond acceptors (Lipinski definition) is 4. The van der Waals surface area contributed by atoms with E-state index in [0.717, 1.165) is 12.8 Å². The van der Waals surface area contributed by atoms with Crippen molar-refractivity contribution >= 4 is 11.6 Å². The van der Waals surface area contributed by atoms with Gasteiger partial charge in [0.1, 0.15) is 5.75 Å². The van der Waals surface area contributed by atoms with Crippen molar-refractivity contribution in [1.29, 1.82) is 0 Å². The molecule has 5 nitrogen and oxygen atoms in total. The van der Waals surface area contributed by atoms with Crippen LogP contribution < -0.4 is 10.5 Å². The molecule has 1 saturated heterocycles. The number of para-hydroxylation sites is 2. The highest BCUT2D eigenvalue weighted by molar-refractivity contribution is 5.78. The van der Waals surface area contributed by atoms with E-state index in [2.05, 4.69) is 0 Å². The zero-order valence-electron chi connectivity index (χ0n) is 11.1. The summed E-state index contributed by atoms with van der Waals surface area (Å²) in [6.07, 6.45) is 1.54. The van der Waals surface area contributed by atoms with E-state index in [1.165, 1.54) is 0 Å². The second-order valence-corrected chi connectivity index (χ2v) is 5.24. The predicted molar refractivity (Wildman–Crippen MR) is 72.8 cm³/mol. The lowest BCUT2D eigenvalue weighted by atomic mass is 9.95. The molecule has 2 rings (SSSR count). The maximum Gasteiger partial charge on any atom is 0.260 e. The number of rotatable bonds is 3. The van der Waals surface area contributed by atoms with Crippen LogP contribution in [0.2, 0.25) is 0 Å². The van der Waals surface area contributed by atoms with Crippen LogP contribution in [-0.2, 0) is 4.79 Å². The number of β-amino-alcohol motifs (C(OH)–C–C–N with tert-alkyl or cyclic N) is 1. The van der Waals surface area contributed by atoms with Crippen LogP contribution in [0.4, 0.5) is 5.69 Å². The normalized spacial score (nSPS) is 23.2. The van der Waals surface area contributed by atoms with Crippen LogP contribution in [0.1, 0.15) is 19.8 Å². The third kappa shape index (κ3) is 3.61. The summed E-state index contributed by atoms with van der Waals surface area (Å²) in [6, 6.07) is 7.08. The first-order chi connectivity index (χ1) is 8.98. The van der Waals surface area contributed by atoms with Crippen LogP contribution in [0.3, 0.4) is 0 Å². The molecule has 1 amide bonds. The van der Waals surface area contributed by atoms with E-state index in [1.54, 1.807) is 24.0 Å². The number of ether oxygens (including phenoxy) is 1. The molecule has 0 aliphatic carbocycles. The van der Waals surface area contributed by atoms with Crippen LogP contribution >= 0.6 is 0 Å². The van der Waals surface area contributed by atoms with E-state index in [0.29, 0.717) is 24.5 Å². The number of hydrogen-bond donors (Lipinski definition) is 2. The third-order valence-corrected chi connectivity index (χ3v) is 3.30. The van der Waals surface area contributed by atoms with Gasteiger partial charge in [-0.3, -0.25) is 4.79 Å². The maximum atomic E-state index is 12.0. The molecule has 19 heavy (non-hydrogen) atoms. The average Bonchev–Trinajstić information content (AvgIpc) is 2.36. The molecule has 1 unspecified atom stereocenters. The van der Waals surface area contributed by atoms with Crippen LogP contribution in [0.15, 0.2) is 24.3 Å². The molecule has 0 aromatic heterocycles. The van der Waals surface area contributed by atoms with Crippen molar-refractivity contribution in [2.45, 2.75) is 25.4 Å². The molecule has 1 aliphatic rings. The van der Waals surface area contributed by atoms with Gasteiger partial charge in [-0.25, -0.2) is 0 Å². The van der Waals surface area contributed by atoms with Crippen molar-refractivity contribution in [2.24, 2.45) is 0 Å². The molecule has 1 aromatic rings. The number of likely N-dealkylation sites (tertiary alicyclic amines) is 1. The average molecular weight is 264 g/mol. The Kier molecular flexibility index (Phi) is 3.95. The fourth-order valence-electron chi connectivity index (χ4n) is 2.28. The van der Waals surface area contributed by atoms with Gasteiger partial charge in [-0.05, 0) is 31.9 Å². The lowest BCUT2D eigenvalue weighted by Gasteiger charge is -2.36. The summed E-state index contributed by atoms with van der Waals surface area (Å²) in [7, 11) is 0. The number of carbonyl (C=O) groups excluding carboxylic acids is 1. The van der Waals surface area contributed by atoms with Gasteiger partial charge in [-0.15, -0.1) is 0 Å². The van der Waals surface area contributed by atoms with Gasteiger partial charge in [0.15, 0.2) is 6.61 Å². The molecule has 1 heterocycles. The first kappa shape index (κ1) is 13.7. The van der Waals surface area contributed by atoms with Crippen molar-refractivity contribution in [3.8, 4) is 5.75 Å². The summed E-state index contributed by atoms with van der Waals surface area (Å²) in [4.78, 5) is 13.7. The maximum absolute atomic E-state index is 12.0. The van der Waals surface area contributed by atoms with Crippen LogP contribution in [-0.4, -0.2) is 41.2 Å². The molecule has 0 saturated carbocycles. The van der Waals surface area contributed by atoms with Crippen molar-refractivity contribution in [1.82, 2.24) is 4.90 Å². The predicted octanol–water partition coefficient (Wildman–Crippen LogP) is 1.02. The van der Waals surface area contributed by atoms with Gasteiger partial charge in [0.25, 0.3) is 5.91 Å². The minimum atomic E-state index is -0.792.